The van der Waals surface area contributed by atoms with Crippen LogP contribution in [0.4, 0.5) is 23.0 Å². The van der Waals surface area contributed by atoms with Gasteiger partial charge >= 0.3 is 5.97 Å². The number of nitrogens with one attached hydrogen (secondary N) is 1. The van der Waals surface area contributed by atoms with Crippen LogP contribution in [0.2, 0.25) is 0 Å². The van der Waals surface area contributed by atoms with Gasteiger partial charge in [-0.2, -0.15) is 0 Å². The molecule has 0 saturated carbocycles. The van der Waals surface area contributed by atoms with Crippen LogP contribution in [0.1, 0.15) is 50.4 Å². The first kappa shape index (κ1) is 19.9. The van der Waals surface area contributed by atoms with Gasteiger partial charge in [-0.1, -0.05) is 13.8 Å². The molecule has 0 bridgehead atoms. The Balaban J connectivity index is 1.71. The first-order valence-corrected chi connectivity index (χ1v) is 9.87. The highest BCUT2D eigenvalue weighted by atomic mass is 16.5. The third kappa shape index (κ3) is 4.71. The Bertz CT molecular complexity index is 807. The van der Waals surface area contributed by atoms with Gasteiger partial charge < -0.3 is 20.7 Å². The summed E-state index contributed by atoms with van der Waals surface area (Å²) in [4.78, 5) is 23.0. The first-order valence-electron chi connectivity index (χ1n) is 9.87. The number of benzene rings is 1. The SMILES string of the molecule is CC(C)COC(=O)c1ccc(Nc2ncnc(N3CCCCC3C)c2N)cc1. The molecule has 0 amide bonds. The quantitative estimate of drug-likeness (QED) is 0.728. The number of hydrogen-bond donors (Lipinski definition) is 2. The number of nitrogens with two attached hydrogens (primary N) is 1. The molecule has 7 nitrogen and oxygen atoms in total. The predicted molar refractivity (Wildman–Crippen MR) is 112 cm³/mol. The number of aromatic nitrogens is 2. The van der Waals surface area contributed by atoms with E-state index >= 15 is 0 Å². The van der Waals surface area contributed by atoms with Crippen LogP contribution in [0.25, 0.3) is 0 Å². The van der Waals surface area contributed by atoms with Crippen molar-refractivity contribution in [1.82, 2.24) is 9.97 Å². The molecule has 3 rings (SSSR count). The normalized spacial score (nSPS) is 16.9. The van der Waals surface area contributed by atoms with E-state index in [4.69, 9.17) is 10.5 Å². The van der Waals surface area contributed by atoms with Gasteiger partial charge in [0.2, 0.25) is 0 Å². The van der Waals surface area contributed by atoms with Crippen molar-refractivity contribution in [2.75, 3.05) is 29.1 Å². The lowest BCUT2D eigenvalue weighted by Crippen LogP contribution is -2.38. The fourth-order valence-corrected chi connectivity index (χ4v) is 3.28. The maximum atomic E-state index is 12.0. The van der Waals surface area contributed by atoms with E-state index in [0.717, 1.165) is 30.9 Å². The lowest BCUT2D eigenvalue weighted by atomic mass is 10.0. The van der Waals surface area contributed by atoms with Crippen LogP contribution in [0.5, 0.6) is 0 Å². The van der Waals surface area contributed by atoms with Gasteiger partial charge in [0.05, 0.1) is 12.2 Å². The number of carbonyl (C=O) groups is 1. The molecule has 2 aromatic rings. The summed E-state index contributed by atoms with van der Waals surface area (Å²) in [6.07, 6.45) is 5.05. The average Bonchev–Trinajstić information content (AvgIpc) is 2.69. The van der Waals surface area contributed by atoms with Gasteiger partial charge in [0.15, 0.2) is 11.6 Å². The molecule has 7 heteroatoms. The molecule has 3 N–H and O–H groups in total. The Morgan fingerprint density at radius 2 is 2.04 bits per heavy atom. The summed E-state index contributed by atoms with van der Waals surface area (Å²) in [5, 5.41) is 3.23. The second-order valence-corrected chi connectivity index (χ2v) is 7.69. The molecular weight excluding hydrogens is 354 g/mol. The second-order valence-electron chi connectivity index (χ2n) is 7.69. The minimum Gasteiger partial charge on any atom is -0.462 e. The molecule has 1 aliphatic heterocycles. The molecule has 1 aromatic carbocycles. The van der Waals surface area contributed by atoms with Crippen molar-refractivity contribution < 1.29 is 9.53 Å². The van der Waals surface area contributed by atoms with Gasteiger partial charge in [0, 0.05) is 18.3 Å². The van der Waals surface area contributed by atoms with Gasteiger partial charge in [0.1, 0.15) is 12.0 Å². The summed E-state index contributed by atoms with van der Waals surface area (Å²) in [5.74, 6) is 1.34. The van der Waals surface area contributed by atoms with Crippen molar-refractivity contribution in [1.29, 1.82) is 0 Å². The molecular formula is C21H29N5O2. The number of ether oxygens (including phenoxy) is 1. The van der Waals surface area contributed by atoms with Gasteiger partial charge in [-0.15, -0.1) is 0 Å². The Morgan fingerprint density at radius 3 is 2.71 bits per heavy atom. The number of rotatable bonds is 6. The van der Waals surface area contributed by atoms with E-state index in [1.165, 1.54) is 12.7 Å². The molecule has 0 spiro atoms. The number of nitrogens with zero attached hydrogens (tertiary/aromatic N) is 3. The van der Waals surface area contributed by atoms with Crippen LogP contribution < -0.4 is 16.0 Å². The molecule has 0 aliphatic carbocycles. The molecule has 28 heavy (non-hydrogen) atoms. The van der Waals surface area contributed by atoms with Crippen LogP contribution in [-0.2, 0) is 4.74 Å². The highest BCUT2D eigenvalue weighted by molar-refractivity contribution is 5.90. The molecule has 1 aliphatic rings. The highest BCUT2D eigenvalue weighted by Crippen LogP contribution is 2.32. The van der Waals surface area contributed by atoms with Gasteiger partial charge in [0.25, 0.3) is 0 Å². The van der Waals surface area contributed by atoms with Crippen molar-refractivity contribution in [3.8, 4) is 0 Å². The zero-order valence-corrected chi connectivity index (χ0v) is 16.8. The van der Waals surface area contributed by atoms with E-state index in [-0.39, 0.29) is 5.97 Å². The Kier molecular flexibility index (Phi) is 6.34. The van der Waals surface area contributed by atoms with E-state index in [1.807, 2.05) is 26.0 Å². The smallest absolute Gasteiger partial charge is 0.338 e. The van der Waals surface area contributed by atoms with Crippen molar-refractivity contribution >= 4 is 29.0 Å². The Labute approximate surface area is 166 Å². The molecule has 1 saturated heterocycles. The molecule has 2 heterocycles. The van der Waals surface area contributed by atoms with Crippen molar-refractivity contribution in [3.63, 3.8) is 0 Å². The van der Waals surface area contributed by atoms with Crippen LogP contribution in [0.15, 0.2) is 30.6 Å². The van der Waals surface area contributed by atoms with Crippen molar-refractivity contribution in [2.24, 2.45) is 5.92 Å². The minimum atomic E-state index is -0.317. The molecule has 1 aromatic heterocycles. The number of piperidine rings is 1. The van der Waals surface area contributed by atoms with E-state index < -0.39 is 0 Å². The zero-order chi connectivity index (χ0) is 20.1. The first-order chi connectivity index (χ1) is 13.5. The largest absolute Gasteiger partial charge is 0.462 e. The number of hydrogen-bond acceptors (Lipinski definition) is 7. The molecule has 1 unspecified atom stereocenters. The minimum absolute atomic E-state index is 0.308. The summed E-state index contributed by atoms with van der Waals surface area (Å²) in [6.45, 7) is 7.57. The maximum Gasteiger partial charge on any atom is 0.338 e. The summed E-state index contributed by atoms with van der Waals surface area (Å²) in [6, 6.07) is 7.51. The van der Waals surface area contributed by atoms with Gasteiger partial charge in [-0.3, -0.25) is 0 Å². The van der Waals surface area contributed by atoms with E-state index in [1.54, 1.807) is 12.1 Å². The maximum absolute atomic E-state index is 12.0. The molecule has 1 fully saturated rings. The standard InChI is InChI=1S/C21H29N5O2/c1-14(2)12-28-21(27)16-7-9-17(10-8-16)25-19-18(22)20(24-13-23-19)26-11-5-4-6-15(26)3/h7-10,13-15H,4-6,11-12,22H2,1-3H3,(H,23,24,25). The number of carbonyl (C=O) groups excluding carboxylic acids is 1. The lowest BCUT2D eigenvalue weighted by Gasteiger charge is -2.35. The number of anilines is 4. The average molecular weight is 383 g/mol. The monoisotopic (exact) mass is 383 g/mol. The van der Waals surface area contributed by atoms with Crippen LogP contribution in [0, 0.1) is 5.92 Å². The second kappa shape index (κ2) is 8.91. The van der Waals surface area contributed by atoms with Crippen molar-refractivity contribution in [3.05, 3.63) is 36.2 Å². The van der Waals surface area contributed by atoms with E-state index in [0.29, 0.717) is 35.6 Å². The predicted octanol–water partition coefficient (Wildman–Crippen LogP) is 3.99. The summed E-state index contributed by atoms with van der Waals surface area (Å²) in [7, 11) is 0. The zero-order valence-electron chi connectivity index (χ0n) is 16.8. The van der Waals surface area contributed by atoms with E-state index in [9.17, 15) is 4.79 Å². The highest BCUT2D eigenvalue weighted by Gasteiger charge is 2.23. The number of nitrogen functional groups attached to an aromatic ring is 1. The van der Waals surface area contributed by atoms with Gasteiger partial charge in [-0.05, 0) is 56.4 Å². The third-order valence-electron chi connectivity index (χ3n) is 4.87. The third-order valence-corrected chi connectivity index (χ3v) is 4.87. The van der Waals surface area contributed by atoms with Crippen LogP contribution in [-0.4, -0.2) is 35.1 Å². The van der Waals surface area contributed by atoms with Gasteiger partial charge in [-0.25, -0.2) is 14.8 Å². The molecule has 150 valence electrons. The Morgan fingerprint density at radius 1 is 1.29 bits per heavy atom. The lowest BCUT2D eigenvalue weighted by molar-refractivity contribution is 0.0459. The van der Waals surface area contributed by atoms with Crippen LogP contribution in [0.3, 0.4) is 0 Å². The fraction of sp³-hybridized carbons (Fsp3) is 0.476. The van der Waals surface area contributed by atoms with E-state index in [2.05, 4.69) is 27.1 Å². The number of esters is 1. The summed E-state index contributed by atoms with van der Waals surface area (Å²) < 4.78 is 5.25. The Hall–Kier alpha value is -2.83. The van der Waals surface area contributed by atoms with Crippen molar-refractivity contribution in [2.45, 2.75) is 46.1 Å². The summed E-state index contributed by atoms with van der Waals surface area (Å²) >= 11 is 0. The fourth-order valence-electron chi connectivity index (χ4n) is 3.28. The topological polar surface area (TPSA) is 93.4 Å². The molecule has 1 atom stereocenters. The van der Waals surface area contributed by atoms with Crippen LogP contribution >= 0.6 is 0 Å². The summed E-state index contributed by atoms with van der Waals surface area (Å²) in [5.41, 5.74) is 8.22. The molecule has 0 radical (unpaired) electrons.